The molecule has 1 saturated carbocycles. The van der Waals surface area contributed by atoms with E-state index in [1.807, 2.05) is 13.0 Å². The first-order valence-electron chi connectivity index (χ1n) is 11.2. The number of carbonyl (C=O) groups excluding carboxylic acids is 1. The van der Waals surface area contributed by atoms with Crippen molar-refractivity contribution in [1.29, 1.82) is 0 Å². The molecular formula is C25H23F3N4O2. The minimum Gasteiger partial charge on any atom is -0.472 e. The zero-order chi connectivity index (χ0) is 23.8. The smallest absolute Gasteiger partial charge is 0.255 e. The van der Waals surface area contributed by atoms with Gasteiger partial charge in [0.15, 0.2) is 11.6 Å². The quantitative estimate of drug-likeness (QED) is 0.550. The lowest BCUT2D eigenvalue weighted by Gasteiger charge is -2.53. The van der Waals surface area contributed by atoms with Crippen molar-refractivity contribution in [3.63, 3.8) is 0 Å². The van der Waals surface area contributed by atoms with Crippen LogP contribution in [0.15, 0.2) is 48.9 Å². The number of nitrogens with zero attached hydrogens (tertiary/aromatic N) is 4. The van der Waals surface area contributed by atoms with E-state index < -0.39 is 36.3 Å². The summed E-state index contributed by atoms with van der Waals surface area (Å²) in [6.07, 6.45) is 5.32. The molecule has 1 aliphatic carbocycles. The van der Waals surface area contributed by atoms with E-state index in [1.54, 1.807) is 12.3 Å². The van der Waals surface area contributed by atoms with Gasteiger partial charge in [-0.1, -0.05) is 6.07 Å². The molecule has 34 heavy (non-hydrogen) atoms. The van der Waals surface area contributed by atoms with Gasteiger partial charge in [0, 0.05) is 17.8 Å². The van der Waals surface area contributed by atoms with Crippen LogP contribution in [0, 0.1) is 24.5 Å². The monoisotopic (exact) mass is 468 g/mol. The molecule has 176 valence electrons. The highest BCUT2D eigenvalue weighted by Crippen LogP contribution is 2.42. The molecule has 3 fully saturated rings. The van der Waals surface area contributed by atoms with Crippen molar-refractivity contribution in [2.45, 2.75) is 44.4 Å². The second-order valence-corrected chi connectivity index (χ2v) is 8.82. The Bertz CT molecular complexity index is 1190. The molecule has 6 nitrogen and oxygen atoms in total. The van der Waals surface area contributed by atoms with Crippen LogP contribution in [0.25, 0.3) is 11.4 Å². The highest BCUT2D eigenvalue weighted by Gasteiger charge is 2.50. The second kappa shape index (κ2) is 9.04. The summed E-state index contributed by atoms with van der Waals surface area (Å²) in [7, 11) is 0. The second-order valence-electron chi connectivity index (χ2n) is 8.82. The molecule has 9 heteroatoms. The molecule has 0 spiro atoms. The van der Waals surface area contributed by atoms with Gasteiger partial charge in [0.05, 0.1) is 30.0 Å². The van der Waals surface area contributed by atoms with Crippen LogP contribution in [0.2, 0.25) is 0 Å². The Balaban J connectivity index is 1.50. The van der Waals surface area contributed by atoms with Crippen molar-refractivity contribution in [3.05, 3.63) is 71.7 Å². The number of hydrogen-bond acceptors (Lipinski definition) is 5. The maximum absolute atomic E-state index is 14.2. The van der Waals surface area contributed by atoms with Crippen LogP contribution in [-0.4, -0.2) is 50.6 Å². The van der Waals surface area contributed by atoms with Gasteiger partial charge in [-0.05, 0) is 55.9 Å². The van der Waals surface area contributed by atoms with Crippen LogP contribution in [0.5, 0.6) is 5.88 Å². The topological polar surface area (TPSA) is 68.2 Å². The van der Waals surface area contributed by atoms with E-state index in [-0.39, 0.29) is 29.0 Å². The number of pyridine rings is 1. The van der Waals surface area contributed by atoms with Gasteiger partial charge in [-0.15, -0.1) is 0 Å². The Hall–Kier alpha value is -3.49. The van der Waals surface area contributed by atoms with Gasteiger partial charge in [0.1, 0.15) is 18.6 Å². The number of amides is 1. The third-order valence-corrected chi connectivity index (χ3v) is 6.68. The van der Waals surface area contributed by atoms with Crippen molar-refractivity contribution in [2.24, 2.45) is 5.92 Å². The minimum absolute atomic E-state index is 0.00446. The molecular weight excluding hydrogens is 445 g/mol. The maximum Gasteiger partial charge on any atom is 0.255 e. The normalized spacial score (nSPS) is 23.7. The molecule has 2 aromatic heterocycles. The lowest BCUT2D eigenvalue weighted by atomic mass is 9.72. The first-order chi connectivity index (χ1) is 16.4. The SMILES string of the molecule is Cc1ccc(OC2CC3CCC2N(C(=O)c2cc(F)ccc2-c2ncc(F)cn2)C3CF)nc1. The first kappa shape index (κ1) is 22.3. The number of fused-ring (bicyclic) bond motifs is 3. The fraction of sp³-hybridized carbons (Fsp3) is 0.360. The number of benzene rings is 1. The number of piperidine rings is 2. The lowest BCUT2D eigenvalue weighted by Crippen LogP contribution is -2.65. The molecule has 4 unspecified atom stereocenters. The average molecular weight is 468 g/mol. The summed E-state index contributed by atoms with van der Waals surface area (Å²) >= 11 is 0. The highest BCUT2D eigenvalue weighted by atomic mass is 19.1. The van der Waals surface area contributed by atoms with Gasteiger partial charge >= 0.3 is 0 Å². The zero-order valence-corrected chi connectivity index (χ0v) is 18.5. The molecule has 0 radical (unpaired) electrons. The van der Waals surface area contributed by atoms with Gasteiger partial charge in [-0.3, -0.25) is 4.79 Å². The summed E-state index contributed by atoms with van der Waals surface area (Å²) in [5.41, 5.74) is 1.25. The summed E-state index contributed by atoms with van der Waals surface area (Å²) in [6.45, 7) is 1.22. The van der Waals surface area contributed by atoms with Crippen LogP contribution in [0.3, 0.4) is 0 Å². The number of aromatic nitrogens is 3. The Labute approximate surface area is 194 Å². The number of aryl methyl sites for hydroxylation is 1. The van der Waals surface area contributed by atoms with E-state index in [4.69, 9.17) is 4.74 Å². The van der Waals surface area contributed by atoms with Gasteiger partial charge in [0.2, 0.25) is 5.88 Å². The standard InChI is InChI=1S/C25H23F3N4O2/c1-14-2-7-23(29-11-14)34-22-8-15-3-6-20(22)32(21(15)10-26)25(33)19-9-16(27)4-5-18(19)24-30-12-17(28)13-31-24/h2,4-5,7,9,11-13,15,20-22H,3,6,8,10H2,1H3. The number of ether oxygens (including phenoxy) is 1. The molecule has 0 N–H and O–H groups in total. The molecule has 4 atom stereocenters. The number of carbonyl (C=O) groups is 1. The van der Waals surface area contributed by atoms with Crippen LogP contribution in [-0.2, 0) is 0 Å². The van der Waals surface area contributed by atoms with Gasteiger partial charge in [-0.25, -0.2) is 28.1 Å². The lowest BCUT2D eigenvalue weighted by molar-refractivity contribution is -0.0703. The molecule has 4 heterocycles. The molecule has 3 aromatic rings. The summed E-state index contributed by atoms with van der Waals surface area (Å²) in [4.78, 5) is 27.5. The summed E-state index contributed by atoms with van der Waals surface area (Å²) < 4.78 is 47.9. The van der Waals surface area contributed by atoms with Gasteiger partial charge in [-0.2, -0.15) is 0 Å². The fourth-order valence-electron chi connectivity index (χ4n) is 5.07. The molecule has 6 rings (SSSR count). The van der Waals surface area contributed by atoms with E-state index in [0.717, 1.165) is 30.4 Å². The predicted molar refractivity (Wildman–Crippen MR) is 118 cm³/mol. The molecule has 2 saturated heterocycles. The first-order valence-corrected chi connectivity index (χ1v) is 11.2. The van der Waals surface area contributed by atoms with Gasteiger partial charge in [0.25, 0.3) is 5.91 Å². The molecule has 1 amide bonds. The van der Waals surface area contributed by atoms with Crippen LogP contribution in [0.1, 0.15) is 35.2 Å². The summed E-state index contributed by atoms with van der Waals surface area (Å²) in [6, 6.07) is 6.29. The van der Waals surface area contributed by atoms with E-state index in [2.05, 4.69) is 15.0 Å². The van der Waals surface area contributed by atoms with Crippen molar-refractivity contribution >= 4 is 5.91 Å². The average Bonchev–Trinajstić information content (AvgIpc) is 2.85. The fourth-order valence-corrected chi connectivity index (χ4v) is 5.07. The molecule has 1 aromatic carbocycles. The van der Waals surface area contributed by atoms with Crippen LogP contribution < -0.4 is 4.74 Å². The Kier molecular flexibility index (Phi) is 5.93. The number of rotatable bonds is 5. The van der Waals surface area contributed by atoms with Gasteiger partial charge < -0.3 is 9.64 Å². The van der Waals surface area contributed by atoms with Crippen LogP contribution >= 0.6 is 0 Å². The molecule has 2 bridgehead atoms. The summed E-state index contributed by atoms with van der Waals surface area (Å²) in [5.74, 6) is -1.34. The maximum atomic E-state index is 14.2. The van der Waals surface area contributed by atoms with Crippen molar-refractivity contribution in [3.8, 4) is 17.3 Å². The number of halogens is 3. The van der Waals surface area contributed by atoms with E-state index in [9.17, 15) is 18.0 Å². The third-order valence-electron chi connectivity index (χ3n) is 6.68. The van der Waals surface area contributed by atoms with Crippen molar-refractivity contribution in [1.82, 2.24) is 19.9 Å². The van der Waals surface area contributed by atoms with Crippen molar-refractivity contribution in [2.75, 3.05) is 6.67 Å². The zero-order valence-electron chi connectivity index (χ0n) is 18.5. The minimum atomic E-state index is -0.708. The van der Waals surface area contributed by atoms with E-state index in [0.29, 0.717) is 18.7 Å². The van der Waals surface area contributed by atoms with E-state index in [1.165, 1.54) is 17.0 Å². The number of hydrogen-bond donors (Lipinski definition) is 0. The van der Waals surface area contributed by atoms with Crippen molar-refractivity contribution < 1.29 is 22.7 Å². The highest BCUT2D eigenvalue weighted by molar-refractivity contribution is 6.00. The number of alkyl halides is 1. The largest absolute Gasteiger partial charge is 0.472 e. The Morgan fingerprint density at radius 3 is 2.56 bits per heavy atom. The predicted octanol–water partition coefficient (Wildman–Crippen LogP) is 4.54. The Morgan fingerprint density at radius 2 is 1.85 bits per heavy atom. The van der Waals surface area contributed by atoms with E-state index >= 15 is 0 Å². The Morgan fingerprint density at radius 1 is 1.06 bits per heavy atom. The molecule has 2 aliphatic heterocycles. The van der Waals surface area contributed by atoms with Crippen LogP contribution in [0.4, 0.5) is 13.2 Å². The molecule has 3 aliphatic rings. The third kappa shape index (κ3) is 4.10. The summed E-state index contributed by atoms with van der Waals surface area (Å²) in [5, 5.41) is 0.